The lowest BCUT2D eigenvalue weighted by atomic mass is 10.2. The molecule has 1 amide bonds. The maximum atomic E-state index is 12.2. The number of carbonyl (C=O) groups excluding carboxylic acids is 2. The Hall–Kier alpha value is -1.69. The van der Waals surface area contributed by atoms with E-state index in [1.165, 1.54) is 0 Å². The molecule has 0 aliphatic carbocycles. The molecule has 6 heteroatoms. The molecule has 0 aliphatic rings. The molecule has 1 aromatic carbocycles. The lowest BCUT2D eigenvalue weighted by molar-refractivity contribution is -0.147. The van der Waals surface area contributed by atoms with Crippen molar-refractivity contribution in [2.45, 2.75) is 45.4 Å². The summed E-state index contributed by atoms with van der Waals surface area (Å²) in [5, 5.41) is 2.60. The third-order valence-corrected chi connectivity index (χ3v) is 3.45. The fourth-order valence-corrected chi connectivity index (χ4v) is 2.24. The van der Waals surface area contributed by atoms with Gasteiger partial charge in [-0.1, -0.05) is 30.3 Å². The molecular formula is C17H25NO4S. The van der Waals surface area contributed by atoms with Crippen LogP contribution < -0.4 is 5.32 Å². The van der Waals surface area contributed by atoms with Gasteiger partial charge in [-0.3, -0.25) is 0 Å². The predicted octanol–water partition coefficient (Wildman–Crippen LogP) is 3.38. The maximum Gasteiger partial charge on any atom is 0.408 e. The average molecular weight is 339 g/mol. The number of alkyl carbamates (subject to hydrolysis) is 1. The number of thioether (sulfide) groups is 1. The van der Waals surface area contributed by atoms with Gasteiger partial charge in [0.15, 0.2) is 0 Å². The standard InChI is InChI=1S/C17H25NO4S/c1-17(2,3)22-16(20)18-14(10-11-23-4)15(19)21-12-13-8-6-5-7-9-13/h5-9,14H,10-12H2,1-4H3,(H,18,20). The van der Waals surface area contributed by atoms with E-state index in [0.29, 0.717) is 6.42 Å². The summed E-state index contributed by atoms with van der Waals surface area (Å²) < 4.78 is 10.5. The zero-order valence-corrected chi connectivity index (χ0v) is 14.9. The second kappa shape index (κ2) is 9.45. The second-order valence-corrected chi connectivity index (χ2v) is 7.06. The molecule has 0 fully saturated rings. The van der Waals surface area contributed by atoms with E-state index >= 15 is 0 Å². The van der Waals surface area contributed by atoms with Crippen LogP contribution in [0.25, 0.3) is 0 Å². The molecule has 1 unspecified atom stereocenters. The molecule has 0 saturated carbocycles. The minimum Gasteiger partial charge on any atom is -0.459 e. The van der Waals surface area contributed by atoms with Crippen LogP contribution in [-0.2, 0) is 20.9 Å². The first-order valence-corrected chi connectivity index (χ1v) is 8.90. The van der Waals surface area contributed by atoms with E-state index in [2.05, 4.69) is 5.32 Å². The largest absolute Gasteiger partial charge is 0.459 e. The molecule has 1 N–H and O–H groups in total. The molecule has 1 atom stereocenters. The summed E-state index contributed by atoms with van der Waals surface area (Å²) in [6.07, 6.45) is 1.83. The minimum atomic E-state index is -0.707. The Morgan fingerprint density at radius 3 is 2.43 bits per heavy atom. The van der Waals surface area contributed by atoms with Gasteiger partial charge in [-0.2, -0.15) is 11.8 Å². The van der Waals surface area contributed by atoms with Gasteiger partial charge in [0.05, 0.1) is 0 Å². The highest BCUT2D eigenvalue weighted by atomic mass is 32.2. The van der Waals surface area contributed by atoms with E-state index < -0.39 is 23.7 Å². The average Bonchev–Trinajstić information content (AvgIpc) is 2.48. The van der Waals surface area contributed by atoms with Crippen LogP contribution in [0.5, 0.6) is 0 Å². The molecular weight excluding hydrogens is 314 g/mol. The van der Waals surface area contributed by atoms with Crippen molar-refractivity contribution in [1.29, 1.82) is 0 Å². The third kappa shape index (κ3) is 8.50. The fourth-order valence-electron chi connectivity index (χ4n) is 1.76. The molecule has 0 spiro atoms. The number of hydrogen-bond acceptors (Lipinski definition) is 5. The normalized spacial score (nSPS) is 12.3. The van der Waals surface area contributed by atoms with Gasteiger partial charge in [-0.25, -0.2) is 9.59 Å². The van der Waals surface area contributed by atoms with Crippen LogP contribution >= 0.6 is 11.8 Å². The number of esters is 1. The van der Waals surface area contributed by atoms with Gasteiger partial charge in [0.1, 0.15) is 18.2 Å². The van der Waals surface area contributed by atoms with Gasteiger partial charge >= 0.3 is 12.1 Å². The molecule has 0 aromatic heterocycles. The van der Waals surface area contributed by atoms with Gasteiger partial charge < -0.3 is 14.8 Å². The van der Waals surface area contributed by atoms with Crippen molar-refractivity contribution in [3.05, 3.63) is 35.9 Å². The monoisotopic (exact) mass is 339 g/mol. The number of rotatable bonds is 7. The van der Waals surface area contributed by atoms with Crippen molar-refractivity contribution < 1.29 is 19.1 Å². The quantitative estimate of drug-likeness (QED) is 0.772. The number of carbonyl (C=O) groups is 2. The van der Waals surface area contributed by atoms with Gasteiger partial charge in [0.25, 0.3) is 0 Å². The number of hydrogen-bond donors (Lipinski definition) is 1. The Morgan fingerprint density at radius 1 is 1.22 bits per heavy atom. The summed E-state index contributed by atoms with van der Waals surface area (Å²) in [4.78, 5) is 24.1. The lowest BCUT2D eigenvalue weighted by Crippen LogP contribution is -2.44. The summed E-state index contributed by atoms with van der Waals surface area (Å²) in [6.45, 7) is 5.51. The summed E-state index contributed by atoms with van der Waals surface area (Å²) in [5.74, 6) is 0.287. The molecule has 128 valence electrons. The van der Waals surface area contributed by atoms with Crippen LogP contribution in [-0.4, -0.2) is 35.7 Å². The highest BCUT2D eigenvalue weighted by molar-refractivity contribution is 7.98. The highest BCUT2D eigenvalue weighted by Gasteiger charge is 2.25. The molecule has 0 aliphatic heterocycles. The minimum absolute atomic E-state index is 0.186. The van der Waals surface area contributed by atoms with Crippen LogP contribution in [0, 0.1) is 0 Å². The molecule has 0 saturated heterocycles. The van der Waals surface area contributed by atoms with Crippen LogP contribution in [0.15, 0.2) is 30.3 Å². The molecule has 1 rings (SSSR count). The van der Waals surface area contributed by atoms with E-state index in [1.807, 2.05) is 36.6 Å². The Kier molecular flexibility index (Phi) is 7.95. The van der Waals surface area contributed by atoms with Gasteiger partial charge in [0, 0.05) is 0 Å². The van der Waals surface area contributed by atoms with Gasteiger partial charge in [-0.15, -0.1) is 0 Å². The lowest BCUT2D eigenvalue weighted by Gasteiger charge is -2.22. The Bertz CT molecular complexity index is 499. The number of benzene rings is 1. The smallest absolute Gasteiger partial charge is 0.408 e. The van der Waals surface area contributed by atoms with Crippen LogP contribution in [0.2, 0.25) is 0 Å². The van der Waals surface area contributed by atoms with E-state index in [-0.39, 0.29) is 6.61 Å². The second-order valence-electron chi connectivity index (χ2n) is 6.07. The Labute approximate surface area is 142 Å². The summed E-state index contributed by atoms with van der Waals surface area (Å²) >= 11 is 1.60. The van der Waals surface area contributed by atoms with Crippen molar-refractivity contribution >= 4 is 23.8 Å². The molecule has 0 radical (unpaired) electrons. The fraction of sp³-hybridized carbons (Fsp3) is 0.529. The zero-order valence-electron chi connectivity index (χ0n) is 14.1. The number of amides is 1. The van der Waals surface area contributed by atoms with Crippen molar-refractivity contribution in [2.24, 2.45) is 0 Å². The Morgan fingerprint density at radius 2 is 1.87 bits per heavy atom. The molecule has 5 nitrogen and oxygen atoms in total. The highest BCUT2D eigenvalue weighted by Crippen LogP contribution is 2.10. The summed E-state index contributed by atoms with van der Waals surface area (Å²) in [5.41, 5.74) is 0.295. The van der Waals surface area contributed by atoms with E-state index in [0.717, 1.165) is 11.3 Å². The first-order valence-electron chi connectivity index (χ1n) is 7.51. The predicted molar refractivity (Wildman–Crippen MR) is 92.4 cm³/mol. The summed E-state index contributed by atoms with van der Waals surface area (Å²) in [6, 6.07) is 8.72. The van der Waals surface area contributed by atoms with E-state index in [9.17, 15) is 9.59 Å². The topological polar surface area (TPSA) is 64.6 Å². The maximum absolute atomic E-state index is 12.2. The van der Waals surface area contributed by atoms with Gasteiger partial charge in [0.2, 0.25) is 0 Å². The molecule has 1 aromatic rings. The third-order valence-electron chi connectivity index (χ3n) is 2.81. The number of nitrogens with one attached hydrogen (secondary N) is 1. The first kappa shape index (κ1) is 19.4. The molecule has 23 heavy (non-hydrogen) atoms. The Balaban J connectivity index is 2.57. The van der Waals surface area contributed by atoms with Crippen LogP contribution in [0.4, 0.5) is 4.79 Å². The number of ether oxygens (including phenoxy) is 2. The van der Waals surface area contributed by atoms with Crippen LogP contribution in [0.1, 0.15) is 32.8 Å². The van der Waals surface area contributed by atoms with Crippen molar-refractivity contribution in [3.8, 4) is 0 Å². The molecule has 0 bridgehead atoms. The van der Waals surface area contributed by atoms with E-state index in [4.69, 9.17) is 9.47 Å². The van der Waals surface area contributed by atoms with Crippen molar-refractivity contribution in [2.75, 3.05) is 12.0 Å². The molecule has 0 heterocycles. The van der Waals surface area contributed by atoms with Crippen LogP contribution in [0.3, 0.4) is 0 Å². The zero-order chi connectivity index (χ0) is 17.3. The van der Waals surface area contributed by atoms with Crippen molar-refractivity contribution in [1.82, 2.24) is 5.32 Å². The summed E-state index contributed by atoms with van der Waals surface area (Å²) in [7, 11) is 0. The SMILES string of the molecule is CSCCC(NC(=O)OC(C)(C)C)C(=O)OCc1ccccc1. The van der Waals surface area contributed by atoms with Crippen molar-refractivity contribution in [3.63, 3.8) is 0 Å². The van der Waals surface area contributed by atoms with E-state index in [1.54, 1.807) is 32.5 Å². The first-order chi connectivity index (χ1) is 10.8. The van der Waals surface area contributed by atoms with Gasteiger partial charge in [-0.05, 0) is 44.8 Å².